The van der Waals surface area contributed by atoms with E-state index in [2.05, 4.69) is 74.5 Å². The van der Waals surface area contributed by atoms with E-state index in [1.807, 2.05) is 6.92 Å². The molecule has 0 heterocycles. The van der Waals surface area contributed by atoms with Gasteiger partial charge in [0.2, 0.25) is 0 Å². The highest BCUT2D eigenvalue weighted by molar-refractivity contribution is 5.27. The first kappa shape index (κ1) is 42.0. The van der Waals surface area contributed by atoms with Crippen LogP contribution in [0, 0.1) is 80.3 Å². The quantitative estimate of drug-likeness (QED) is 0.148. The Balaban J connectivity index is 1.12. The van der Waals surface area contributed by atoms with Gasteiger partial charge in [-0.3, -0.25) is 0 Å². The van der Waals surface area contributed by atoms with E-state index in [0.717, 1.165) is 17.8 Å². The zero-order chi connectivity index (χ0) is 39.4. The van der Waals surface area contributed by atoms with Gasteiger partial charge in [0, 0.05) is 0 Å². The predicted octanol–water partition coefficient (Wildman–Crippen LogP) is 4.66. The van der Waals surface area contributed by atoms with E-state index < -0.39 is 61.5 Å². The van der Waals surface area contributed by atoms with Gasteiger partial charge in [-0.1, -0.05) is 81.4 Å². The lowest BCUT2D eigenvalue weighted by Gasteiger charge is -2.72. The van der Waals surface area contributed by atoms with Crippen LogP contribution < -0.4 is 5.73 Å². The Morgan fingerprint density at radius 3 is 2.02 bits per heavy atom. The lowest BCUT2D eigenvalue weighted by atomic mass is 9.32. The molecule has 9 N–H and O–H groups in total. The highest BCUT2D eigenvalue weighted by Gasteiger charge is 2.70. The maximum Gasteiger partial charge on any atom is 0.144 e. The summed E-state index contributed by atoms with van der Waals surface area (Å²) in [4.78, 5) is 0. The minimum Gasteiger partial charge on any atom is -0.393 e. The van der Waals surface area contributed by atoms with E-state index in [1.165, 1.54) is 44.9 Å². The largest absolute Gasteiger partial charge is 0.393 e. The van der Waals surface area contributed by atoms with Gasteiger partial charge in [-0.25, -0.2) is 0 Å². The first-order chi connectivity index (χ1) is 24.5. The molecule has 21 atom stereocenters. The van der Waals surface area contributed by atoms with Gasteiger partial charge in [-0.2, -0.15) is 0 Å². The normalized spacial score (nSPS) is 53.1. The molecule has 0 bridgehead atoms. The van der Waals surface area contributed by atoms with Crippen molar-refractivity contribution in [3.63, 3.8) is 0 Å². The molecule has 0 aliphatic heterocycles. The zero-order valence-corrected chi connectivity index (χ0v) is 34.6. The molecule has 9 heteroatoms. The highest BCUT2D eigenvalue weighted by Crippen LogP contribution is 2.77. The Morgan fingerprint density at radius 2 is 1.42 bits per heavy atom. The predicted molar refractivity (Wildman–Crippen MR) is 206 cm³/mol. The van der Waals surface area contributed by atoms with E-state index in [1.54, 1.807) is 0 Å². The summed E-state index contributed by atoms with van der Waals surface area (Å²) in [6, 6.07) is -1.21. The van der Waals surface area contributed by atoms with Gasteiger partial charge in [0.25, 0.3) is 0 Å². The number of rotatable bonds is 10. The topological polar surface area (TPSA) is 177 Å². The minimum absolute atomic E-state index is 0.218. The standard InChI is InChI=1S/C44H77NO8/c1-23(19-24(2)34(48)35(49)29(47)21-53-38-33(45)36(50)37(51)44(38,52)22-46)27-13-16-40(7)28(27)14-17-42(9)31(40)11-12-32-41(8)20-25(3)26(4)39(5,6)30(41)15-18-43(32,42)10/h11-12,23-38,46-52H,13-22,45H2,1-10H3/t23?,24?,25?,26-,27+,28?,29?,30?,31?,32?,33?,34?,35?,36?,37?,38?,40-,41-,42+,43+,44?/m0/s1. The van der Waals surface area contributed by atoms with Crippen LogP contribution in [0.4, 0.5) is 0 Å². The first-order valence-electron chi connectivity index (χ1n) is 21.3. The van der Waals surface area contributed by atoms with Crippen LogP contribution in [-0.4, -0.2) is 97.2 Å². The summed E-state index contributed by atoms with van der Waals surface area (Å²) in [5.41, 5.74) is 5.10. The Morgan fingerprint density at radius 1 is 0.830 bits per heavy atom. The number of aliphatic hydroxyl groups is 7. The van der Waals surface area contributed by atoms with Crippen LogP contribution >= 0.6 is 0 Å². The molecule has 0 aromatic rings. The van der Waals surface area contributed by atoms with Crippen LogP contribution in [-0.2, 0) is 4.74 Å². The third-order valence-electron chi connectivity index (χ3n) is 19.0. The van der Waals surface area contributed by atoms with E-state index in [-0.39, 0.29) is 22.2 Å². The summed E-state index contributed by atoms with van der Waals surface area (Å²) in [5, 5.41) is 73.7. The van der Waals surface area contributed by atoms with Crippen molar-refractivity contribution in [2.75, 3.05) is 13.2 Å². The molecular formula is C44H77NO8. The molecule has 6 rings (SSSR count). The lowest BCUT2D eigenvalue weighted by molar-refractivity contribution is -0.213. The Bertz CT molecular complexity index is 1360. The Kier molecular flexibility index (Phi) is 11.1. The number of allylic oxidation sites excluding steroid dienone is 2. The molecule has 6 aliphatic rings. The van der Waals surface area contributed by atoms with Crippen molar-refractivity contribution in [3.05, 3.63) is 12.2 Å². The second-order valence-electron chi connectivity index (χ2n) is 21.6. The molecule has 5 fully saturated rings. The average molecular weight is 748 g/mol. The second-order valence-corrected chi connectivity index (χ2v) is 21.6. The number of nitrogens with two attached hydrogens (primary N) is 1. The van der Waals surface area contributed by atoms with Crippen molar-refractivity contribution in [1.82, 2.24) is 0 Å². The Hall–Kier alpha value is -0.620. The SMILES string of the molecule is CC(CC(C)[C@H]1CC[C@@]2(C)C1CC[C@]1(C)C2C=CC2[C@@]3(C)CC(C)[C@H](C)C(C)(C)C3CC[C@]21C)C(O)C(O)C(O)COC1C(N)C(O)C(O)C1(O)CO. The molecule has 0 saturated heterocycles. The molecule has 5 saturated carbocycles. The monoisotopic (exact) mass is 748 g/mol. The van der Waals surface area contributed by atoms with Gasteiger partial charge in [0.15, 0.2) is 0 Å². The Labute approximate surface area is 320 Å². The van der Waals surface area contributed by atoms with Crippen molar-refractivity contribution in [2.45, 2.75) is 169 Å². The van der Waals surface area contributed by atoms with Crippen molar-refractivity contribution < 1.29 is 40.5 Å². The number of fused-ring (bicyclic) bond motifs is 7. The van der Waals surface area contributed by atoms with Gasteiger partial charge in [0.1, 0.15) is 36.1 Å². The fourth-order valence-corrected chi connectivity index (χ4v) is 15.3. The van der Waals surface area contributed by atoms with Gasteiger partial charge >= 0.3 is 0 Å². The van der Waals surface area contributed by atoms with Crippen LogP contribution in [0.1, 0.15) is 121 Å². The summed E-state index contributed by atoms with van der Waals surface area (Å²) >= 11 is 0. The lowest BCUT2D eigenvalue weighted by Crippen LogP contribution is -2.65. The van der Waals surface area contributed by atoms with E-state index in [0.29, 0.717) is 46.8 Å². The molecule has 0 radical (unpaired) electrons. The maximum atomic E-state index is 11.2. The first-order valence-corrected chi connectivity index (χ1v) is 21.3. The summed E-state index contributed by atoms with van der Waals surface area (Å²) in [6.45, 7) is 23.5. The number of hydrogen-bond donors (Lipinski definition) is 8. The molecule has 53 heavy (non-hydrogen) atoms. The number of hydrogen-bond acceptors (Lipinski definition) is 9. The molecule has 0 spiro atoms. The maximum absolute atomic E-state index is 11.2. The fourth-order valence-electron chi connectivity index (χ4n) is 15.3. The number of ether oxygens (including phenoxy) is 1. The molecular weight excluding hydrogens is 670 g/mol. The molecule has 0 aromatic carbocycles. The van der Waals surface area contributed by atoms with E-state index in [9.17, 15) is 35.7 Å². The summed E-state index contributed by atoms with van der Waals surface area (Å²) in [7, 11) is 0. The zero-order valence-electron chi connectivity index (χ0n) is 34.6. The smallest absolute Gasteiger partial charge is 0.144 e. The molecule has 0 aromatic heterocycles. The van der Waals surface area contributed by atoms with Gasteiger partial charge in [0.05, 0.1) is 25.4 Å². The van der Waals surface area contributed by atoms with Gasteiger partial charge < -0.3 is 46.2 Å². The second kappa shape index (κ2) is 14.0. The average Bonchev–Trinajstić information content (AvgIpc) is 3.53. The van der Waals surface area contributed by atoms with Gasteiger partial charge in [-0.15, -0.1) is 0 Å². The third-order valence-corrected chi connectivity index (χ3v) is 19.0. The summed E-state index contributed by atoms with van der Waals surface area (Å²) < 4.78 is 5.57. The summed E-state index contributed by atoms with van der Waals surface area (Å²) in [6.07, 6.45) is 6.11. The van der Waals surface area contributed by atoms with Crippen LogP contribution in [0.25, 0.3) is 0 Å². The van der Waals surface area contributed by atoms with Crippen molar-refractivity contribution in [2.24, 2.45) is 86.1 Å². The highest BCUT2D eigenvalue weighted by atomic mass is 16.5. The van der Waals surface area contributed by atoms with Crippen molar-refractivity contribution in [1.29, 1.82) is 0 Å². The minimum atomic E-state index is -2.22. The van der Waals surface area contributed by atoms with Crippen LogP contribution in [0.15, 0.2) is 12.2 Å². The molecule has 15 unspecified atom stereocenters. The fraction of sp³-hybridized carbons (Fsp3) is 0.955. The van der Waals surface area contributed by atoms with Crippen molar-refractivity contribution in [3.8, 4) is 0 Å². The summed E-state index contributed by atoms with van der Waals surface area (Å²) in [5.74, 6) is 4.51. The molecule has 0 amide bonds. The molecule has 9 nitrogen and oxygen atoms in total. The van der Waals surface area contributed by atoms with Crippen LogP contribution in [0.3, 0.4) is 0 Å². The van der Waals surface area contributed by atoms with E-state index in [4.69, 9.17) is 10.5 Å². The van der Waals surface area contributed by atoms with Crippen LogP contribution in [0.5, 0.6) is 0 Å². The number of aliphatic hydroxyl groups excluding tert-OH is 6. The van der Waals surface area contributed by atoms with Gasteiger partial charge in [-0.05, 0) is 132 Å². The third kappa shape index (κ3) is 6.01. The van der Waals surface area contributed by atoms with Crippen molar-refractivity contribution >= 4 is 0 Å². The van der Waals surface area contributed by atoms with E-state index >= 15 is 0 Å². The molecule has 306 valence electrons. The van der Waals surface area contributed by atoms with Crippen LogP contribution in [0.2, 0.25) is 0 Å². The molecule has 6 aliphatic carbocycles.